The Morgan fingerprint density at radius 2 is 2.29 bits per heavy atom. The molecule has 2 amide bonds. The van der Waals surface area contributed by atoms with Gasteiger partial charge >= 0.3 is 0 Å². The van der Waals surface area contributed by atoms with Crippen LogP contribution in [0.3, 0.4) is 0 Å². The number of H-pyrrole nitrogens is 1. The van der Waals surface area contributed by atoms with Crippen LogP contribution in [0.5, 0.6) is 5.75 Å². The summed E-state index contributed by atoms with van der Waals surface area (Å²) in [5, 5.41) is 9.73. The second-order valence-corrected chi connectivity index (χ2v) is 6.48. The van der Waals surface area contributed by atoms with E-state index in [1.807, 2.05) is 6.07 Å². The molecule has 0 spiro atoms. The van der Waals surface area contributed by atoms with Crippen LogP contribution < -0.4 is 10.1 Å². The number of aromatic amines is 1. The van der Waals surface area contributed by atoms with Gasteiger partial charge in [-0.05, 0) is 18.2 Å². The molecule has 1 fully saturated rings. The molecule has 28 heavy (non-hydrogen) atoms. The molecular weight excluding hydrogens is 367 g/mol. The Bertz CT molecular complexity index is 826. The number of carbonyl (C=O) groups excluding carboxylic acids is 2. The molecule has 2 aromatic rings. The maximum atomic E-state index is 13.1. The first kappa shape index (κ1) is 19.8. The lowest BCUT2D eigenvalue weighted by Gasteiger charge is -2.32. The van der Waals surface area contributed by atoms with Crippen molar-refractivity contribution in [1.29, 1.82) is 0 Å². The van der Waals surface area contributed by atoms with E-state index >= 15 is 0 Å². The van der Waals surface area contributed by atoms with Crippen molar-refractivity contribution in [3.05, 3.63) is 47.5 Å². The fourth-order valence-electron chi connectivity index (χ4n) is 2.87. The number of morpholine rings is 1. The molecule has 1 atom stereocenters. The average molecular weight is 390 g/mol. The molecular formula is C19H23FN4O4. The molecule has 0 radical (unpaired) electrons. The zero-order chi connectivity index (χ0) is 19.9. The van der Waals surface area contributed by atoms with Crippen LogP contribution in [0.1, 0.15) is 24.4 Å². The normalized spacial score (nSPS) is 16.6. The lowest BCUT2D eigenvalue weighted by Crippen LogP contribution is -2.46. The van der Waals surface area contributed by atoms with Gasteiger partial charge < -0.3 is 19.7 Å². The number of nitrogens with zero attached hydrogens (tertiary/aromatic N) is 2. The van der Waals surface area contributed by atoms with E-state index in [1.165, 1.54) is 19.1 Å². The van der Waals surface area contributed by atoms with Gasteiger partial charge in [-0.2, -0.15) is 5.10 Å². The molecule has 2 heterocycles. The number of aromatic nitrogens is 2. The SMILES string of the molecule is CC(=O)NCC(=O)N1CCO[C@@H](c2cc(CCOc3cccc(F)c3)[nH]n2)C1. The van der Waals surface area contributed by atoms with Gasteiger partial charge in [0.05, 0.1) is 32.0 Å². The van der Waals surface area contributed by atoms with Crippen molar-refractivity contribution in [2.24, 2.45) is 0 Å². The van der Waals surface area contributed by atoms with Gasteiger partial charge in [-0.1, -0.05) is 6.07 Å². The van der Waals surface area contributed by atoms with E-state index in [2.05, 4.69) is 15.5 Å². The van der Waals surface area contributed by atoms with Gasteiger partial charge in [-0.15, -0.1) is 0 Å². The molecule has 0 saturated carbocycles. The molecule has 9 heteroatoms. The van der Waals surface area contributed by atoms with Crippen molar-refractivity contribution >= 4 is 11.8 Å². The number of nitrogens with one attached hydrogen (secondary N) is 2. The van der Waals surface area contributed by atoms with Gasteiger partial charge in [0.2, 0.25) is 11.8 Å². The second-order valence-electron chi connectivity index (χ2n) is 6.48. The Hall–Kier alpha value is -2.94. The minimum absolute atomic E-state index is 0.0225. The zero-order valence-corrected chi connectivity index (χ0v) is 15.6. The first-order valence-electron chi connectivity index (χ1n) is 9.07. The van der Waals surface area contributed by atoms with Gasteiger partial charge in [0, 0.05) is 31.6 Å². The predicted octanol–water partition coefficient (Wildman–Crippen LogP) is 1.21. The molecule has 1 aliphatic heterocycles. The minimum Gasteiger partial charge on any atom is -0.493 e. The van der Waals surface area contributed by atoms with Crippen LogP contribution in [0.2, 0.25) is 0 Å². The molecule has 1 aromatic heterocycles. The number of amides is 2. The zero-order valence-electron chi connectivity index (χ0n) is 15.6. The fraction of sp³-hybridized carbons (Fsp3) is 0.421. The number of carbonyl (C=O) groups is 2. The second kappa shape index (κ2) is 9.32. The lowest BCUT2D eigenvalue weighted by molar-refractivity contribution is -0.139. The van der Waals surface area contributed by atoms with Crippen LogP contribution in [-0.2, 0) is 20.7 Å². The Labute approximate surface area is 162 Å². The van der Waals surface area contributed by atoms with Crippen molar-refractivity contribution in [3.63, 3.8) is 0 Å². The molecule has 3 rings (SSSR count). The van der Waals surface area contributed by atoms with Gasteiger partial charge in [0.1, 0.15) is 17.7 Å². The first-order valence-corrected chi connectivity index (χ1v) is 9.07. The summed E-state index contributed by atoms with van der Waals surface area (Å²) in [6, 6.07) is 7.87. The maximum Gasteiger partial charge on any atom is 0.242 e. The number of hydrogen-bond acceptors (Lipinski definition) is 5. The van der Waals surface area contributed by atoms with E-state index in [9.17, 15) is 14.0 Å². The monoisotopic (exact) mass is 390 g/mol. The van der Waals surface area contributed by atoms with Crippen molar-refractivity contribution < 1.29 is 23.5 Å². The van der Waals surface area contributed by atoms with E-state index in [0.29, 0.717) is 44.2 Å². The summed E-state index contributed by atoms with van der Waals surface area (Å²) < 4.78 is 24.4. The summed E-state index contributed by atoms with van der Waals surface area (Å²) in [4.78, 5) is 24.8. The van der Waals surface area contributed by atoms with Crippen molar-refractivity contribution in [2.45, 2.75) is 19.4 Å². The molecule has 2 N–H and O–H groups in total. The number of rotatable bonds is 7. The molecule has 0 unspecified atom stereocenters. The Morgan fingerprint density at radius 3 is 3.07 bits per heavy atom. The van der Waals surface area contributed by atoms with E-state index in [-0.39, 0.29) is 30.3 Å². The summed E-state index contributed by atoms with van der Waals surface area (Å²) >= 11 is 0. The van der Waals surface area contributed by atoms with E-state index in [1.54, 1.807) is 17.0 Å². The topological polar surface area (TPSA) is 96.5 Å². The van der Waals surface area contributed by atoms with Gasteiger partial charge in [-0.3, -0.25) is 14.7 Å². The average Bonchev–Trinajstić information content (AvgIpc) is 3.15. The summed E-state index contributed by atoms with van der Waals surface area (Å²) in [5.41, 5.74) is 1.56. The summed E-state index contributed by atoms with van der Waals surface area (Å²) in [5.74, 6) is -0.254. The quantitative estimate of drug-likeness (QED) is 0.741. The molecule has 150 valence electrons. The third-order valence-electron chi connectivity index (χ3n) is 4.32. The Morgan fingerprint density at radius 1 is 1.43 bits per heavy atom. The summed E-state index contributed by atoms with van der Waals surface area (Å²) in [7, 11) is 0. The van der Waals surface area contributed by atoms with Crippen LogP contribution >= 0.6 is 0 Å². The van der Waals surface area contributed by atoms with E-state index in [4.69, 9.17) is 9.47 Å². The summed E-state index contributed by atoms with van der Waals surface area (Å²) in [6.07, 6.45) is 0.241. The third kappa shape index (κ3) is 5.53. The molecule has 0 bridgehead atoms. The largest absolute Gasteiger partial charge is 0.493 e. The highest BCUT2D eigenvalue weighted by molar-refractivity contribution is 5.83. The maximum absolute atomic E-state index is 13.1. The van der Waals surface area contributed by atoms with Crippen LogP contribution in [0.15, 0.2) is 30.3 Å². The van der Waals surface area contributed by atoms with Crippen LogP contribution in [0.25, 0.3) is 0 Å². The smallest absolute Gasteiger partial charge is 0.242 e. The number of ether oxygens (including phenoxy) is 2. The van der Waals surface area contributed by atoms with Crippen molar-refractivity contribution in [3.8, 4) is 5.75 Å². The van der Waals surface area contributed by atoms with Crippen LogP contribution in [-0.4, -0.2) is 59.8 Å². The first-order chi connectivity index (χ1) is 13.5. The number of halogens is 1. The number of hydrogen-bond donors (Lipinski definition) is 2. The third-order valence-corrected chi connectivity index (χ3v) is 4.32. The van der Waals surface area contributed by atoms with Gasteiger partial charge in [0.25, 0.3) is 0 Å². The van der Waals surface area contributed by atoms with Crippen molar-refractivity contribution in [2.75, 3.05) is 32.8 Å². The minimum atomic E-state index is -0.339. The van der Waals surface area contributed by atoms with Crippen molar-refractivity contribution in [1.82, 2.24) is 20.4 Å². The predicted molar refractivity (Wildman–Crippen MR) is 98.1 cm³/mol. The molecule has 1 aromatic carbocycles. The van der Waals surface area contributed by atoms with Gasteiger partial charge in [-0.25, -0.2) is 4.39 Å². The highest BCUT2D eigenvalue weighted by Crippen LogP contribution is 2.21. The Kier molecular flexibility index (Phi) is 6.59. The standard InChI is InChI=1S/C19H23FN4O4/c1-13(25)21-11-19(26)24-6-8-28-18(12-24)17-10-15(22-23-17)5-7-27-16-4-2-3-14(20)9-16/h2-4,9-10,18H,5-8,11-12H2,1H3,(H,21,25)(H,22,23)/t18-/m1/s1. The molecule has 1 aliphatic rings. The van der Waals surface area contributed by atoms with Crippen LogP contribution in [0, 0.1) is 5.82 Å². The highest BCUT2D eigenvalue weighted by atomic mass is 19.1. The lowest BCUT2D eigenvalue weighted by atomic mass is 10.2. The number of benzene rings is 1. The fourth-order valence-corrected chi connectivity index (χ4v) is 2.87. The van der Waals surface area contributed by atoms with E-state index < -0.39 is 0 Å². The Balaban J connectivity index is 1.50. The van der Waals surface area contributed by atoms with Crippen LogP contribution in [0.4, 0.5) is 4.39 Å². The van der Waals surface area contributed by atoms with E-state index in [0.717, 1.165) is 5.69 Å². The molecule has 1 saturated heterocycles. The highest BCUT2D eigenvalue weighted by Gasteiger charge is 2.27. The molecule has 0 aliphatic carbocycles. The van der Waals surface area contributed by atoms with Gasteiger partial charge in [0.15, 0.2) is 0 Å². The molecule has 8 nitrogen and oxygen atoms in total. The summed E-state index contributed by atoms with van der Waals surface area (Å²) in [6.45, 7) is 2.99.